The van der Waals surface area contributed by atoms with Gasteiger partial charge in [0, 0.05) is 24.4 Å². The molecule has 0 aliphatic carbocycles. The lowest BCUT2D eigenvalue weighted by Crippen LogP contribution is -2.19. The normalized spacial score (nSPS) is 22.9. The van der Waals surface area contributed by atoms with Gasteiger partial charge in [-0.2, -0.15) is 0 Å². The van der Waals surface area contributed by atoms with Crippen molar-refractivity contribution in [3.8, 4) is 0 Å². The van der Waals surface area contributed by atoms with Gasteiger partial charge in [0.15, 0.2) is 0 Å². The van der Waals surface area contributed by atoms with E-state index >= 15 is 0 Å². The molecule has 0 N–H and O–H groups in total. The number of fused-ring (bicyclic) bond motifs is 1. The van der Waals surface area contributed by atoms with Crippen molar-refractivity contribution in [3.63, 3.8) is 0 Å². The third kappa shape index (κ3) is 1.73. The van der Waals surface area contributed by atoms with Crippen molar-refractivity contribution in [2.45, 2.75) is 52.5 Å². The zero-order valence-electron chi connectivity index (χ0n) is 9.59. The van der Waals surface area contributed by atoms with Gasteiger partial charge in [0.05, 0.1) is 0 Å². The summed E-state index contributed by atoms with van der Waals surface area (Å²) in [5, 5.41) is 0. The van der Waals surface area contributed by atoms with Crippen LogP contribution in [0.15, 0.2) is 18.3 Å². The molecular formula is C13H21N. The molecular weight excluding hydrogens is 170 g/mol. The highest BCUT2D eigenvalue weighted by Gasteiger charge is 2.29. The highest BCUT2D eigenvalue weighted by atomic mass is 15.0. The van der Waals surface area contributed by atoms with Crippen LogP contribution in [0.5, 0.6) is 0 Å². The average molecular weight is 191 g/mol. The van der Waals surface area contributed by atoms with E-state index in [0.717, 1.165) is 5.92 Å². The van der Waals surface area contributed by atoms with E-state index in [1.54, 1.807) is 5.69 Å². The Bertz CT molecular complexity index is 303. The second-order valence-electron chi connectivity index (χ2n) is 5.54. The predicted octanol–water partition coefficient (Wildman–Crippen LogP) is 3.80. The molecule has 0 spiro atoms. The summed E-state index contributed by atoms with van der Waals surface area (Å²) in [6.45, 7) is 8.30. The zero-order valence-corrected chi connectivity index (χ0v) is 9.59. The Labute approximate surface area is 87.1 Å². The van der Waals surface area contributed by atoms with Crippen LogP contribution in [-0.4, -0.2) is 4.57 Å². The molecule has 0 saturated heterocycles. The number of nitrogens with zero attached hydrogens (tertiary/aromatic N) is 1. The summed E-state index contributed by atoms with van der Waals surface area (Å²) >= 11 is 0. The van der Waals surface area contributed by atoms with Gasteiger partial charge in [0.1, 0.15) is 0 Å². The van der Waals surface area contributed by atoms with Gasteiger partial charge in [-0.25, -0.2) is 0 Å². The molecule has 0 radical (unpaired) electrons. The van der Waals surface area contributed by atoms with E-state index in [0.29, 0.717) is 5.41 Å². The Morgan fingerprint density at radius 1 is 1.29 bits per heavy atom. The van der Waals surface area contributed by atoms with Gasteiger partial charge in [-0.1, -0.05) is 27.2 Å². The van der Waals surface area contributed by atoms with Gasteiger partial charge in [-0.05, 0) is 30.4 Å². The smallest absolute Gasteiger partial charge is 0.0222 e. The molecule has 0 bridgehead atoms. The van der Waals surface area contributed by atoms with E-state index in [9.17, 15) is 0 Å². The van der Waals surface area contributed by atoms with Crippen molar-refractivity contribution >= 4 is 0 Å². The highest BCUT2D eigenvalue weighted by molar-refractivity contribution is 5.16. The first-order valence-electron chi connectivity index (χ1n) is 5.74. The molecule has 2 heterocycles. The fourth-order valence-electron chi connectivity index (χ4n) is 2.60. The standard InChI is InChI=1S/C13H21N/c1-13(2,3)11-7-4-5-9-14-10-6-8-12(11)14/h6,8,10-11H,4-5,7,9H2,1-3H3. The number of aromatic nitrogens is 1. The first kappa shape index (κ1) is 9.82. The monoisotopic (exact) mass is 191 g/mol. The van der Waals surface area contributed by atoms with E-state index in [4.69, 9.17) is 0 Å². The van der Waals surface area contributed by atoms with Crippen LogP contribution in [0.2, 0.25) is 0 Å². The van der Waals surface area contributed by atoms with Crippen LogP contribution in [0.1, 0.15) is 51.6 Å². The molecule has 2 rings (SSSR count). The third-order valence-electron chi connectivity index (χ3n) is 3.41. The average Bonchev–Trinajstić information content (AvgIpc) is 2.42. The molecule has 1 nitrogen and oxygen atoms in total. The molecule has 1 unspecified atom stereocenters. The molecule has 14 heavy (non-hydrogen) atoms. The van der Waals surface area contributed by atoms with E-state index in [1.165, 1.54) is 25.8 Å². The Morgan fingerprint density at radius 2 is 2.07 bits per heavy atom. The highest BCUT2D eigenvalue weighted by Crippen LogP contribution is 2.40. The maximum Gasteiger partial charge on any atom is 0.0222 e. The van der Waals surface area contributed by atoms with Crippen molar-refractivity contribution < 1.29 is 0 Å². The zero-order chi connectivity index (χ0) is 10.2. The van der Waals surface area contributed by atoms with Gasteiger partial charge in [0.2, 0.25) is 0 Å². The van der Waals surface area contributed by atoms with Gasteiger partial charge in [0.25, 0.3) is 0 Å². The Kier molecular flexibility index (Phi) is 2.42. The maximum atomic E-state index is 2.45. The van der Waals surface area contributed by atoms with Crippen LogP contribution in [0.3, 0.4) is 0 Å². The van der Waals surface area contributed by atoms with Crippen LogP contribution in [0, 0.1) is 5.41 Å². The molecule has 78 valence electrons. The van der Waals surface area contributed by atoms with Gasteiger partial charge in [-0.3, -0.25) is 0 Å². The van der Waals surface area contributed by atoms with E-state index in [2.05, 4.69) is 43.7 Å². The summed E-state index contributed by atoms with van der Waals surface area (Å²) in [5.41, 5.74) is 1.95. The van der Waals surface area contributed by atoms with Gasteiger partial charge >= 0.3 is 0 Å². The SMILES string of the molecule is CC(C)(C)C1CCCCn2cccc21. The first-order valence-corrected chi connectivity index (χ1v) is 5.74. The van der Waals surface area contributed by atoms with Gasteiger partial charge in [-0.15, -0.1) is 0 Å². The van der Waals surface area contributed by atoms with Crippen LogP contribution < -0.4 is 0 Å². The molecule has 0 aromatic carbocycles. The minimum Gasteiger partial charge on any atom is -0.351 e. The summed E-state index contributed by atoms with van der Waals surface area (Å²) in [5.74, 6) is 0.736. The first-order chi connectivity index (χ1) is 6.59. The topological polar surface area (TPSA) is 4.93 Å². The number of rotatable bonds is 0. The van der Waals surface area contributed by atoms with Crippen LogP contribution in [0.25, 0.3) is 0 Å². The molecule has 0 amide bonds. The second kappa shape index (κ2) is 3.45. The van der Waals surface area contributed by atoms with Crippen molar-refractivity contribution in [1.29, 1.82) is 0 Å². The van der Waals surface area contributed by atoms with E-state index < -0.39 is 0 Å². The summed E-state index contributed by atoms with van der Waals surface area (Å²) in [7, 11) is 0. The van der Waals surface area contributed by atoms with Gasteiger partial charge < -0.3 is 4.57 Å². The van der Waals surface area contributed by atoms with Crippen molar-refractivity contribution in [3.05, 3.63) is 24.0 Å². The minimum atomic E-state index is 0.403. The molecule has 1 aromatic heterocycles. The van der Waals surface area contributed by atoms with Crippen LogP contribution in [-0.2, 0) is 6.54 Å². The fraction of sp³-hybridized carbons (Fsp3) is 0.692. The predicted molar refractivity (Wildman–Crippen MR) is 60.5 cm³/mol. The van der Waals surface area contributed by atoms with Crippen LogP contribution in [0.4, 0.5) is 0 Å². The summed E-state index contributed by atoms with van der Waals surface area (Å²) < 4.78 is 2.45. The summed E-state index contributed by atoms with van der Waals surface area (Å²) in [6, 6.07) is 4.50. The number of aryl methyl sites for hydroxylation is 1. The van der Waals surface area contributed by atoms with Crippen LogP contribution >= 0.6 is 0 Å². The molecule has 0 saturated carbocycles. The summed E-state index contributed by atoms with van der Waals surface area (Å²) in [6.07, 6.45) is 6.31. The molecule has 1 heteroatoms. The van der Waals surface area contributed by atoms with E-state index in [-0.39, 0.29) is 0 Å². The number of hydrogen-bond acceptors (Lipinski definition) is 0. The lowest BCUT2D eigenvalue weighted by atomic mass is 9.76. The second-order valence-corrected chi connectivity index (χ2v) is 5.54. The van der Waals surface area contributed by atoms with Crippen molar-refractivity contribution in [1.82, 2.24) is 4.57 Å². The summed E-state index contributed by atoms with van der Waals surface area (Å²) in [4.78, 5) is 0. The maximum absolute atomic E-state index is 2.45. The Morgan fingerprint density at radius 3 is 2.79 bits per heavy atom. The third-order valence-corrected chi connectivity index (χ3v) is 3.41. The number of hydrogen-bond donors (Lipinski definition) is 0. The molecule has 1 aromatic rings. The Balaban J connectivity index is 2.35. The molecule has 1 atom stereocenters. The molecule has 1 aliphatic heterocycles. The van der Waals surface area contributed by atoms with Crippen molar-refractivity contribution in [2.24, 2.45) is 5.41 Å². The largest absolute Gasteiger partial charge is 0.351 e. The quantitative estimate of drug-likeness (QED) is 0.588. The minimum absolute atomic E-state index is 0.403. The fourth-order valence-corrected chi connectivity index (χ4v) is 2.60. The Hall–Kier alpha value is -0.720. The lowest BCUT2D eigenvalue weighted by molar-refractivity contribution is 0.298. The molecule has 0 fully saturated rings. The van der Waals surface area contributed by atoms with E-state index in [1.807, 2.05) is 0 Å². The van der Waals surface area contributed by atoms with Crippen molar-refractivity contribution in [2.75, 3.05) is 0 Å². The lowest BCUT2D eigenvalue weighted by Gasteiger charge is -2.30. The molecule has 1 aliphatic rings.